The number of rotatable bonds is 6. The molecule has 2 N–H and O–H groups in total. The van der Waals surface area contributed by atoms with Gasteiger partial charge in [-0.15, -0.1) is 0 Å². The first-order valence-electron chi connectivity index (χ1n) is 10.7. The van der Waals surface area contributed by atoms with Gasteiger partial charge in [0.1, 0.15) is 0 Å². The zero-order valence-corrected chi connectivity index (χ0v) is 17.5. The van der Waals surface area contributed by atoms with E-state index in [1.54, 1.807) is 24.3 Å². The fraction of sp³-hybridized carbons (Fsp3) is 0.417. The first-order chi connectivity index (χ1) is 15.2. The lowest BCUT2D eigenvalue weighted by atomic mass is 9.98. The van der Waals surface area contributed by atoms with Crippen LogP contribution >= 0.6 is 0 Å². The van der Waals surface area contributed by atoms with Crippen molar-refractivity contribution in [1.82, 2.24) is 10.2 Å². The molecule has 2 aromatic carbocycles. The molecule has 32 heavy (non-hydrogen) atoms. The van der Waals surface area contributed by atoms with E-state index >= 15 is 0 Å². The van der Waals surface area contributed by atoms with E-state index in [0.29, 0.717) is 19.5 Å². The number of carboxylic acid groups (broad SMARTS) is 1. The fourth-order valence-electron chi connectivity index (χ4n) is 4.37. The van der Waals surface area contributed by atoms with Gasteiger partial charge in [-0.3, -0.25) is 9.69 Å². The summed E-state index contributed by atoms with van der Waals surface area (Å²) in [6, 6.07) is 11.3. The molecule has 4 rings (SSSR count). The Labute approximate surface area is 184 Å². The highest BCUT2D eigenvalue weighted by Gasteiger charge is 2.47. The molecule has 0 spiro atoms. The van der Waals surface area contributed by atoms with Crippen LogP contribution in [0.1, 0.15) is 59.2 Å². The van der Waals surface area contributed by atoms with Gasteiger partial charge in [-0.25, -0.2) is 4.79 Å². The number of carbonyl (C=O) groups excluding carboxylic acids is 1. The Balaban J connectivity index is 1.44. The van der Waals surface area contributed by atoms with Gasteiger partial charge in [0.15, 0.2) is 0 Å². The molecule has 0 bridgehead atoms. The minimum Gasteiger partial charge on any atom is -0.478 e. The number of benzene rings is 2. The van der Waals surface area contributed by atoms with E-state index in [-0.39, 0.29) is 17.5 Å². The molecule has 5 nitrogen and oxygen atoms in total. The molecule has 0 aromatic heterocycles. The molecule has 0 radical (unpaired) electrons. The van der Waals surface area contributed by atoms with Crippen molar-refractivity contribution in [3.63, 3.8) is 0 Å². The Morgan fingerprint density at radius 3 is 2.25 bits per heavy atom. The van der Waals surface area contributed by atoms with Crippen LogP contribution in [-0.4, -0.2) is 34.5 Å². The summed E-state index contributed by atoms with van der Waals surface area (Å²) >= 11 is 0. The Kier molecular flexibility index (Phi) is 5.99. The summed E-state index contributed by atoms with van der Waals surface area (Å²) in [6.45, 7) is 1.12. The van der Waals surface area contributed by atoms with E-state index in [2.05, 4.69) is 5.32 Å². The van der Waals surface area contributed by atoms with Gasteiger partial charge in [0.2, 0.25) is 5.91 Å². The second-order valence-electron chi connectivity index (χ2n) is 8.63. The number of nitrogens with one attached hydrogen (secondary N) is 1. The molecule has 170 valence electrons. The predicted molar refractivity (Wildman–Crippen MR) is 112 cm³/mol. The summed E-state index contributed by atoms with van der Waals surface area (Å²) in [5.41, 5.74) is 0.680. The number of piperidine rings is 1. The molecule has 1 saturated carbocycles. The normalized spacial score (nSPS) is 20.5. The number of halogens is 3. The van der Waals surface area contributed by atoms with Crippen LogP contribution in [0, 0.1) is 0 Å². The van der Waals surface area contributed by atoms with Crippen molar-refractivity contribution in [2.75, 3.05) is 6.54 Å². The average molecular weight is 446 g/mol. The second kappa shape index (κ2) is 8.58. The molecule has 1 aliphatic heterocycles. The van der Waals surface area contributed by atoms with E-state index in [0.717, 1.165) is 48.9 Å². The van der Waals surface area contributed by atoms with Gasteiger partial charge in [-0.05, 0) is 67.6 Å². The molecule has 1 saturated heterocycles. The number of hydrogen-bond donors (Lipinski definition) is 2. The van der Waals surface area contributed by atoms with Crippen molar-refractivity contribution in [2.24, 2.45) is 0 Å². The molecule has 2 aromatic rings. The van der Waals surface area contributed by atoms with Gasteiger partial charge in [0.25, 0.3) is 0 Å². The largest absolute Gasteiger partial charge is 0.478 e. The summed E-state index contributed by atoms with van der Waals surface area (Å²) in [5.74, 6) is -1.08. The number of nitrogens with zero attached hydrogens (tertiary/aromatic N) is 1. The van der Waals surface area contributed by atoms with Crippen molar-refractivity contribution in [2.45, 2.75) is 56.4 Å². The second-order valence-corrected chi connectivity index (χ2v) is 8.63. The molecule has 1 unspecified atom stereocenters. The maximum atomic E-state index is 13.2. The monoisotopic (exact) mass is 446 g/mol. The smallest absolute Gasteiger partial charge is 0.416 e. The van der Waals surface area contributed by atoms with E-state index in [9.17, 15) is 22.8 Å². The molecular formula is C24H25F3N2O3. The Bertz CT molecular complexity index is 983. The van der Waals surface area contributed by atoms with Crippen molar-refractivity contribution in [1.29, 1.82) is 0 Å². The molecule has 2 fully saturated rings. The van der Waals surface area contributed by atoms with Gasteiger partial charge in [-0.2, -0.15) is 13.2 Å². The zero-order chi connectivity index (χ0) is 22.9. The number of aromatic carboxylic acids is 1. The van der Waals surface area contributed by atoms with Gasteiger partial charge < -0.3 is 10.4 Å². The molecule has 2 aliphatic rings. The Hall–Kier alpha value is -2.87. The summed E-state index contributed by atoms with van der Waals surface area (Å²) in [4.78, 5) is 26.3. The third-order valence-electron chi connectivity index (χ3n) is 6.38. The van der Waals surface area contributed by atoms with Crippen LogP contribution in [0.4, 0.5) is 13.2 Å². The van der Waals surface area contributed by atoms with Crippen LogP contribution in [-0.2, 0) is 23.1 Å². The number of likely N-dealkylation sites (tertiary alicyclic amines) is 1. The highest BCUT2D eigenvalue weighted by atomic mass is 19.4. The number of carboxylic acids is 1. The lowest BCUT2D eigenvalue weighted by molar-refractivity contribution is -0.137. The van der Waals surface area contributed by atoms with Gasteiger partial charge in [-0.1, -0.05) is 30.7 Å². The zero-order valence-electron chi connectivity index (χ0n) is 17.5. The Morgan fingerprint density at radius 1 is 1.03 bits per heavy atom. The van der Waals surface area contributed by atoms with E-state index in [1.807, 2.05) is 4.90 Å². The van der Waals surface area contributed by atoms with Gasteiger partial charge in [0, 0.05) is 6.54 Å². The molecule has 1 aliphatic carbocycles. The number of carbonyl (C=O) groups is 2. The minimum absolute atomic E-state index is 0.0866. The number of amides is 1. The topological polar surface area (TPSA) is 69.6 Å². The lowest BCUT2D eigenvalue weighted by Crippen LogP contribution is -2.51. The third-order valence-corrected chi connectivity index (χ3v) is 6.38. The summed E-state index contributed by atoms with van der Waals surface area (Å²) in [6.07, 6.45) is -0.241. The van der Waals surface area contributed by atoms with E-state index in [1.165, 1.54) is 12.1 Å². The van der Waals surface area contributed by atoms with Gasteiger partial charge in [0.05, 0.1) is 22.7 Å². The highest BCUT2D eigenvalue weighted by Crippen LogP contribution is 2.45. The first-order valence-corrected chi connectivity index (χ1v) is 10.7. The van der Waals surface area contributed by atoms with Crippen LogP contribution in [0.15, 0.2) is 48.5 Å². The maximum absolute atomic E-state index is 13.2. The van der Waals surface area contributed by atoms with Gasteiger partial charge >= 0.3 is 12.1 Å². The third kappa shape index (κ3) is 4.80. The van der Waals surface area contributed by atoms with Crippen LogP contribution < -0.4 is 5.32 Å². The molecule has 8 heteroatoms. The first kappa shape index (κ1) is 22.3. The van der Waals surface area contributed by atoms with Crippen molar-refractivity contribution < 1.29 is 27.9 Å². The molecule has 1 amide bonds. The number of hydrogen-bond acceptors (Lipinski definition) is 3. The molecule has 1 atom stereocenters. The van der Waals surface area contributed by atoms with E-state index < -0.39 is 23.2 Å². The minimum atomic E-state index is -4.37. The predicted octanol–water partition coefficient (Wildman–Crippen LogP) is 4.56. The lowest BCUT2D eigenvalue weighted by Gasteiger charge is -2.36. The average Bonchev–Trinajstić information content (AvgIpc) is 3.54. The highest BCUT2D eigenvalue weighted by molar-refractivity contribution is 5.87. The van der Waals surface area contributed by atoms with Crippen LogP contribution in [0.3, 0.4) is 0 Å². The summed E-state index contributed by atoms with van der Waals surface area (Å²) < 4.78 is 38.5. The fourth-order valence-corrected chi connectivity index (χ4v) is 4.37. The molecule has 1 heterocycles. The SMILES string of the molecule is O=C(O)c1ccc(C2(NC(=O)C3CCCCN3Cc3ccc(C(F)(F)F)cc3)CC2)cc1. The maximum Gasteiger partial charge on any atom is 0.416 e. The summed E-state index contributed by atoms with van der Waals surface area (Å²) in [7, 11) is 0. The van der Waals surface area contributed by atoms with Crippen LogP contribution in [0.5, 0.6) is 0 Å². The Morgan fingerprint density at radius 2 is 1.69 bits per heavy atom. The van der Waals surface area contributed by atoms with Crippen molar-refractivity contribution in [3.05, 3.63) is 70.8 Å². The summed E-state index contributed by atoms with van der Waals surface area (Å²) in [5, 5.41) is 12.3. The number of alkyl halides is 3. The van der Waals surface area contributed by atoms with Crippen LogP contribution in [0.25, 0.3) is 0 Å². The standard InChI is InChI=1S/C24H25F3N2O3/c25-24(26,27)19-8-4-16(5-9-19)15-29-14-2-1-3-20(29)21(30)28-23(12-13-23)18-10-6-17(7-11-18)22(31)32/h4-11,20H,1-3,12-15H2,(H,28,30)(H,31,32). The quantitative estimate of drug-likeness (QED) is 0.683. The van der Waals surface area contributed by atoms with Crippen molar-refractivity contribution in [3.8, 4) is 0 Å². The van der Waals surface area contributed by atoms with Crippen LogP contribution in [0.2, 0.25) is 0 Å². The molecular weight excluding hydrogens is 421 g/mol. The van der Waals surface area contributed by atoms with E-state index in [4.69, 9.17) is 5.11 Å². The van der Waals surface area contributed by atoms with Crippen molar-refractivity contribution >= 4 is 11.9 Å².